The van der Waals surface area contributed by atoms with Gasteiger partial charge in [-0.1, -0.05) is 6.07 Å². The Morgan fingerprint density at radius 1 is 0.939 bits per heavy atom. The minimum Gasteiger partial charge on any atom is -0.497 e. The molecule has 1 amide bonds. The molecule has 0 spiro atoms. The van der Waals surface area contributed by atoms with E-state index in [0.29, 0.717) is 24.5 Å². The molecule has 1 heterocycles. The first-order valence-corrected chi connectivity index (χ1v) is 11.0. The Kier molecular flexibility index (Phi) is 6.01. The molecule has 0 bridgehead atoms. The number of benzene rings is 3. The molecule has 33 heavy (non-hydrogen) atoms. The maximum absolute atomic E-state index is 13.0. The molecule has 3 aromatic rings. The minimum absolute atomic E-state index is 0.159. The molecular weight excluding hydrogens is 422 g/mol. The molecule has 0 radical (unpaired) electrons. The Bertz CT molecular complexity index is 1210. The van der Waals surface area contributed by atoms with Crippen molar-refractivity contribution >= 4 is 27.6 Å². The molecule has 7 heteroatoms. The van der Waals surface area contributed by atoms with Gasteiger partial charge in [0, 0.05) is 0 Å². The van der Waals surface area contributed by atoms with E-state index in [9.17, 15) is 9.90 Å². The van der Waals surface area contributed by atoms with Gasteiger partial charge in [-0.05, 0) is 84.1 Å². The molecule has 3 aromatic carbocycles. The summed E-state index contributed by atoms with van der Waals surface area (Å²) < 4.78 is 22.3. The molecule has 7 nitrogen and oxygen atoms in total. The van der Waals surface area contributed by atoms with E-state index in [0.717, 1.165) is 38.4 Å². The van der Waals surface area contributed by atoms with Crippen LogP contribution in [0.2, 0.25) is 0 Å². The maximum Gasteiger partial charge on any atom is 0.410 e. The van der Waals surface area contributed by atoms with E-state index in [-0.39, 0.29) is 12.6 Å². The van der Waals surface area contributed by atoms with Gasteiger partial charge in [0.25, 0.3) is 0 Å². The van der Waals surface area contributed by atoms with Crippen LogP contribution in [-0.4, -0.2) is 55.7 Å². The van der Waals surface area contributed by atoms with Crippen molar-refractivity contribution in [2.75, 3.05) is 27.9 Å². The van der Waals surface area contributed by atoms with Crippen LogP contribution in [0.1, 0.15) is 31.9 Å². The summed E-state index contributed by atoms with van der Waals surface area (Å²) in [7, 11) is 4.87. The summed E-state index contributed by atoms with van der Waals surface area (Å²) in [5, 5.41) is 14.2. The molecular formula is C26H31NO6. The van der Waals surface area contributed by atoms with Crippen LogP contribution < -0.4 is 14.2 Å². The second kappa shape index (κ2) is 8.63. The summed E-state index contributed by atoms with van der Waals surface area (Å²) in [6, 6.07) is 9.51. The molecule has 176 valence electrons. The molecule has 0 unspecified atom stereocenters. The number of hydrogen-bond donors (Lipinski definition) is 1. The first kappa shape index (κ1) is 23.0. The van der Waals surface area contributed by atoms with Crippen LogP contribution in [0.25, 0.3) is 21.5 Å². The van der Waals surface area contributed by atoms with Crippen molar-refractivity contribution in [3.63, 3.8) is 0 Å². The Morgan fingerprint density at radius 2 is 1.58 bits per heavy atom. The van der Waals surface area contributed by atoms with Crippen LogP contribution >= 0.6 is 0 Å². The summed E-state index contributed by atoms with van der Waals surface area (Å²) >= 11 is 0. The Balaban J connectivity index is 1.99. The zero-order chi connectivity index (χ0) is 23.9. The molecule has 1 atom stereocenters. The van der Waals surface area contributed by atoms with E-state index in [1.807, 2.05) is 51.1 Å². The first-order valence-electron chi connectivity index (χ1n) is 11.0. The van der Waals surface area contributed by atoms with E-state index in [4.69, 9.17) is 18.9 Å². The lowest BCUT2D eigenvalue weighted by atomic mass is 9.85. The van der Waals surface area contributed by atoms with Gasteiger partial charge in [0.1, 0.15) is 11.4 Å². The molecule has 0 saturated carbocycles. The Hall–Kier alpha value is -3.19. The number of fused-ring (bicyclic) bond motifs is 6. The second-order valence-corrected chi connectivity index (χ2v) is 9.27. The van der Waals surface area contributed by atoms with Crippen LogP contribution in [0.15, 0.2) is 30.3 Å². The summed E-state index contributed by atoms with van der Waals surface area (Å²) in [4.78, 5) is 14.6. The third-order valence-corrected chi connectivity index (χ3v) is 6.10. The van der Waals surface area contributed by atoms with Gasteiger partial charge >= 0.3 is 6.09 Å². The molecule has 4 rings (SSSR count). The zero-order valence-corrected chi connectivity index (χ0v) is 20.0. The number of hydrogen-bond acceptors (Lipinski definition) is 6. The number of nitrogens with zero attached hydrogens (tertiary/aromatic N) is 1. The van der Waals surface area contributed by atoms with Gasteiger partial charge < -0.3 is 24.1 Å². The number of aliphatic hydroxyl groups excluding tert-OH is 1. The van der Waals surface area contributed by atoms with Crippen LogP contribution in [0.5, 0.6) is 17.2 Å². The average Bonchev–Trinajstić information content (AvgIpc) is 2.80. The monoisotopic (exact) mass is 453 g/mol. The van der Waals surface area contributed by atoms with Crippen molar-refractivity contribution < 1.29 is 28.8 Å². The Morgan fingerprint density at radius 3 is 2.15 bits per heavy atom. The predicted octanol–water partition coefficient (Wildman–Crippen LogP) is 4.67. The maximum atomic E-state index is 13.0. The van der Waals surface area contributed by atoms with Crippen LogP contribution in [0.3, 0.4) is 0 Å². The highest BCUT2D eigenvalue weighted by molar-refractivity contribution is 6.12. The number of carbonyl (C=O) groups excluding carboxylic acids is 1. The van der Waals surface area contributed by atoms with Crippen molar-refractivity contribution in [3.8, 4) is 17.2 Å². The third-order valence-electron chi connectivity index (χ3n) is 6.10. The second-order valence-electron chi connectivity index (χ2n) is 9.27. The van der Waals surface area contributed by atoms with Gasteiger partial charge in [-0.3, -0.25) is 4.90 Å². The van der Waals surface area contributed by atoms with Gasteiger partial charge in [0.05, 0.1) is 40.5 Å². The van der Waals surface area contributed by atoms with E-state index >= 15 is 0 Å². The Labute approximate surface area is 193 Å². The van der Waals surface area contributed by atoms with Gasteiger partial charge in [-0.2, -0.15) is 0 Å². The first-order chi connectivity index (χ1) is 15.7. The topological polar surface area (TPSA) is 77.5 Å². The molecule has 1 N–H and O–H groups in total. The van der Waals surface area contributed by atoms with E-state index in [2.05, 4.69) is 0 Å². The minimum atomic E-state index is -0.625. The van der Waals surface area contributed by atoms with Crippen molar-refractivity contribution in [1.29, 1.82) is 0 Å². The summed E-state index contributed by atoms with van der Waals surface area (Å²) in [6.45, 7) is 5.69. The highest BCUT2D eigenvalue weighted by Crippen LogP contribution is 2.43. The summed E-state index contributed by atoms with van der Waals surface area (Å²) in [6.07, 6.45) is 0.0697. The fourth-order valence-electron chi connectivity index (χ4n) is 4.57. The fourth-order valence-corrected chi connectivity index (χ4v) is 4.57. The van der Waals surface area contributed by atoms with Crippen molar-refractivity contribution in [2.24, 2.45) is 0 Å². The average molecular weight is 454 g/mol. The number of carbonyl (C=O) groups is 1. The molecule has 1 aliphatic rings. The van der Waals surface area contributed by atoms with Gasteiger partial charge in [-0.25, -0.2) is 4.79 Å². The number of ether oxygens (including phenoxy) is 4. The predicted molar refractivity (Wildman–Crippen MR) is 127 cm³/mol. The summed E-state index contributed by atoms with van der Waals surface area (Å²) in [5.74, 6) is 2.01. The smallest absolute Gasteiger partial charge is 0.410 e. The van der Waals surface area contributed by atoms with Crippen molar-refractivity contribution in [1.82, 2.24) is 4.90 Å². The standard InChI is InChI=1S/C26H31NO6/c1-26(2,3)33-25(29)27-13-22-17-8-7-16(30-4)10-19(17)21-12-24(32-6)23(31-5)11-20(21)18(22)9-15(27)14-28/h7-8,10-12,15,28H,9,13-14H2,1-6H3/t15-/m1/s1. The van der Waals surface area contributed by atoms with Crippen LogP contribution in [0, 0.1) is 0 Å². The van der Waals surface area contributed by atoms with Crippen molar-refractivity contribution in [3.05, 3.63) is 41.5 Å². The lowest BCUT2D eigenvalue weighted by Gasteiger charge is -2.38. The lowest BCUT2D eigenvalue weighted by molar-refractivity contribution is 0.00486. The largest absolute Gasteiger partial charge is 0.497 e. The van der Waals surface area contributed by atoms with Crippen LogP contribution in [0.4, 0.5) is 4.79 Å². The van der Waals surface area contributed by atoms with Gasteiger partial charge in [0.15, 0.2) is 11.5 Å². The summed E-state index contributed by atoms with van der Waals surface area (Å²) in [5.41, 5.74) is 1.49. The zero-order valence-electron chi connectivity index (χ0n) is 20.0. The van der Waals surface area contributed by atoms with Crippen molar-refractivity contribution in [2.45, 2.75) is 45.4 Å². The van der Waals surface area contributed by atoms with Gasteiger partial charge in [0.2, 0.25) is 0 Å². The third kappa shape index (κ3) is 4.13. The molecule has 0 aromatic heterocycles. The highest BCUT2D eigenvalue weighted by Gasteiger charge is 2.34. The van der Waals surface area contributed by atoms with Gasteiger partial charge in [-0.15, -0.1) is 0 Å². The lowest BCUT2D eigenvalue weighted by Crippen LogP contribution is -2.48. The van der Waals surface area contributed by atoms with E-state index in [1.165, 1.54) is 0 Å². The molecule has 0 aliphatic carbocycles. The number of amides is 1. The number of methoxy groups -OCH3 is 3. The van der Waals surface area contributed by atoms with Crippen LogP contribution in [-0.2, 0) is 17.7 Å². The molecule has 0 fully saturated rings. The quantitative estimate of drug-likeness (QED) is 0.579. The number of aliphatic hydroxyl groups is 1. The fraction of sp³-hybridized carbons (Fsp3) is 0.423. The van der Waals surface area contributed by atoms with E-state index < -0.39 is 11.7 Å². The molecule has 1 aliphatic heterocycles. The normalized spacial score (nSPS) is 16.0. The molecule has 0 saturated heterocycles. The highest BCUT2D eigenvalue weighted by atomic mass is 16.6. The SMILES string of the molecule is COc1ccc2c3c(c4cc(OC)c(OC)cc4c2c1)C[C@H](CO)N(C(=O)OC(C)(C)C)C3. The number of rotatable bonds is 4. The van der Waals surface area contributed by atoms with E-state index in [1.54, 1.807) is 26.2 Å².